The first-order chi connectivity index (χ1) is 12.3. The van der Waals surface area contributed by atoms with Crippen LogP contribution in [0.4, 0.5) is 0 Å². The first-order valence-corrected chi connectivity index (χ1v) is 9.28. The van der Waals surface area contributed by atoms with Crippen LogP contribution in [0.15, 0.2) is 35.8 Å². The molecule has 1 atom stereocenters. The summed E-state index contributed by atoms with van der Waals surface area (Å²) in [4.78, 5) is 24.6. The van der Waals surface area contributed by atoms with Crippen molar-refractivity contribution in [3.8, 4) is 0 Å². The molecule has 1 aliphatic rings. The maximum Gasteiger partial charge on any atom is 0.263 e. The van der Waals surface area contributed by atoms with Crippen LogP contribution in [0.1, 0.15) is 27.8 Å². The Labute approximate surface area is 150 Å². The molecular formula is C18H20N4O2S. The molecular weight excluding hydrogens is 336 g/mol. The third-order valence-electron chi connectivity index (χ3n) is 4.62. The Hall–Kier alpha value is -2.25. The second-order valence-corrected chi connectivity index (χ2v) is 7.12. The Morgan fingerprint density at radius 3 is 3.12 bits per heavy atom. The highest BCUT2D eigenvalue weighted by Crippen LogP contribution is 2.30. The van der Waals surface area contributed by atoms with E-state index in [1.807, 2.05) is 34.5 Å². The zero-order chi connectivity index (χ0) is 17.2. The van der Waals surface area contributed by atoms with E-state index in [9.17, 15) is 4.79 Å². The quantitative estimate of drug-likeness (QED) is 0.705. The Morgan fingerprint density at radius 2 is 2.32 bits per heavy atom. The van der Waals surface area contributed by atoms with E-state index in [0.717, 1.165) is 34.8 Å². The monoisotopic (exact) mass is 356 g/mol. The van der Waals surface area contributed by atoms with E-state index < -0.39 is 0 Å². The molecule has 0 spiro atoms. The van der Waals surface area contributed by atoms with E-state index in [1.165, 1.54) is 11.3 Å². The summed E-state index contributed by atoms with van der Waals surface area (Å²) in [6.07, 6.45) is 2.71. The fourth-order valence-electron chi connectivity index (χ4n) is 3.40. The lowest BCUT2D eigenvalue weighted by atomic mass is 10.1. The minimum absolute atomic E-state index is 0.121. The number of nitrogens with zero attached hydrogens (tertiary/aromatic N) is 4. The number of likely N-dealkylation sites (tertiary alicyclic amines) is 1. The van der Waals surface area contributed by atoms with Crippen LogP contribution in [0.2, 0.25) is 0 Å². The lowest BCUT2D eigenvalue weighted by molar-refractivity contribution is 0.0795. The average Bonchev–Trinajstić information content (AvgIpc) is 3.38. The minimum Gasteiger partial charge on any atom is -0.383 e. The van der Waals surface area contributed by atoms with Crippen LogP contribution < -0.4 is 0 Å². The van der Waals surface area contributed by atoms with Crippen LogP contribution in [0.5, 0.6) is 0 Å². The summed E-state index contributed by atoms with van der Waals surface area (Å²) >= 11 is 1.49. The molecule has 4 rings (SSSR count). The second-order valence-electron chi connectivity index (χ2n) is 6.17. The molecule has 0 radical (unpaired) electrons. The molecule has 1 aliphatic heterocycles. The Balaban J connectivity index is 1.60. The lowest BCUT2D eigenvalue weighted by Gasteiger charge is -2.16. The van der Waals surface area contributed by atoms with Crippen LogP contribution >= 0.6 is 11.3 Å². The summed E-state index contributed by atoms with van der Waals surface area (Å²) in [5.41, 5.74) is 1.79. The molecule has 0 N–H and O–H groups in total. The first-order valence-electron chi connectivity index (χ1n) is 8.41. The number of methoxy groups -OCH3 is 1. The van der Waals surface area contributed by atoms with E-state index in [0.29, 0.717) is 19.7 Å². The molecule has 1 amide bonds. The zero-order valence-corrected chi connectivity index (χ0v) is 14.9. The van der Waals surface area contributed by atoms with Crippen molar-refractivity contribution in [2.45, 2.75) is 18.9 Å². The van der Waals surface area contributed by atoms with E-state index in [1.54, 1.807) is 13.3 Å². The molecule has 25 heavy (non-hydrogen) atoms. The molecule has 3 aromatic heterocycles. The fraction of sp³-hybridized carbons (Fsp3) is 0.389. The van der Waals surface area contributed by atoms with Crippen LogP contribution in [0, 0.1) is 0 Å². The van der Waals surface area contributed by atoms with E-state index >= 15 is 0 Å². The third kappa shape index (κ3) is 3.05. The van der Waals surface area contributed by atoms with Crippen molar-refractivity contribution in [1.29, 1.82) is 0 Å². The van der Waals surface area contributed by atoms with Crippen molar-refractivity contribution >= 4 is 28.4 Å². The Morgan fingerprint density at radius 1 is 1.40 bits per heavy atom. The van der Waals surface area contributed by atoms with Gasteiger partial charge >= 0.3 is 0 Å². The van der Waals surface area contributed by atoms with Gasteiger partial charge in [-0.1, -0.05) is 6.07 Å². The summed E-state index contributed by atoms with van der Waals surface area (Å²) in [6, 6.07) is 7.69. The van der Waals surface area contributed by atoms with Gasteiger partial charge in [-0.15, -0.1) is 11.3 Å². The van der Waals surface area contributed by atoms with E-state index in [-0.39, 0.29) is 11.8 Å². The minimum atomic E-state index is 0.121. The van der Waals surface area contributed by atoms with Crippen molar-refractivity contribution in [2.24, 2.45) is 0 Å². The van der Waals surface area contributed by atoms with Crippen LogP contribution in [-0.4, -0.2) is 52.1 Å². The largest absolute Gasteiger partial charge is 0.383 e. The van der Waals surface area contributed by atoms with Crippen molar-refractivity contribution in [3.63, 3.8) is 0 Å². The van der Waals surface area contributed by atoms with Crippen molar-refractivity contribution < 1.29 is 9.53 Å². The molecule has 0 aliphatic carbocycles. The smallest absolute Gasteiger partial charge is 0.263 e. The average molecular weight is 356 g/mol. The van der Waals surface area contributed by atoms with Gasteiger partial charge in [0.1, 0.15) is 11.3 Å². The summed E-state index contributed by atoms with van der Waals surface area (Å²) in [6.45, 7) is 2.80. The molecule has 130 valence electrons. The molecule has 0 bridgehead atoms. The lowest BCUT2D eigenvalue weighted by Crippen LogP contribution is -2.28. The van der Waals surface area contributed by atoms with Gasteiger partial charge in [0.2, 0.25) is 0 Å². The molecule has 0 saturated carbocycles. The topological polar surface area (TPSA) is 60.2 Å². The number of rotatable bonds is 5. The van der Waals surface area contributed by atoms with Gasteiger partial charge in [0, 0.05) is 38.9 Å². The van der Waals surface area contributed by atoms with Gasteiger partial charge in [-0.3, -0.25) is 4.79 Å². The normalized spacial score (nSPS) is 17.5. The highest BCUT2D eigenvalue weighted by molar-refractivity contribution is 7.12. The van der Waals surface area contributed by atoms with Crippen LogP contribution in [0.25, 0.3) is 11.2 Å². The highest BCUT2D eigenvalue weighted by atomic mass is 32.1. The molecule has 0 aromatic carbocycles. The van der Waals surface area contributed by atoms with E-state index in [2.05, 4.69) is 9.55 Å². The predicted octanol–water partition coefficient (Wildman–Crippen LogP) is 2.77. The predicted molar refractivity (Wildman–Crippen MR) is 97.0 cm³/mol. The van der Waals surface area contributed by atoms with Gasteiger partial charge in [-0.2, -0.15) is 0 Å². The summed E-state index contributed by atoms with van der Waals surface area (Å²) in [5.74, 6) is 1.36. The highest BCUT2D eigenvalue weighted by Gasteiger charge is 2.31. The zero-order valence-electron chi connectivity index (χ0n) is 14.1. The number of thiophene rings is 1. The fourth-order valence-corrected chi connectivity index (χ4v) is 4.09. The number of aromatic nitrogens is 3. The number of hydrogen-bond acceptors (Lipinski definition) is 5. The third-order valence-corrected chi connectivity index (χ3v) is 5.48. The Kier molecular flexibility index (Phi) is 4.50. The number of amides is 1. The summed E-state index contributed by atoms with van der Waals surface area (Å²) in [5, 5.41) is 1.94. The second kappa shape index (κ2) is 6.93. The molecule has 1 fully saturated rings. The molecule has 4 heterocycles. The molecule has 1 saturated heterocycles. The van der Waals surface area contributed by atoms with Gasteiger partial charge in [-0.25, -0.2) is 9.97 Å². The standard InChI is InChI=1S/C18H20N4O2S/c1-24-10-9-22-16(20-14-4-2-7-19-17(14)22)13-6-8-21(12-13)18(23)15-5-3-11-25-15/h2-5,7,11,13H,6,8-10,12H2,1H3/t13-/m0/s1. The summed E-state index contributed by atoms with van der Waals surface area (Å²) < 4.78 is 7.39. The van der Waals surface area contributed by atoms with Crippen molar-refractivity contribution in [1.82, 2.24) is 19.4 Å². The molecule has 3 aromatic rings. The van der Waals surface area contributed by atoms with Gasteiger partial charge in [0.05, 0.1) is 11.5 Å². The van der Waals surface area contributed by atoms with Crippen molar-refractivity contribution in [2.75, 3.05) is 26.8 Å². The number of carbonyl (C=O) groups is 1. The Bertz CT molecular complexity index is 874. The maximum absolute atomic E-state index is 12.6. The van der Waals surface area contributed by atoms with E-state index in [4.69, 9.17) is 9.72 Å². The number of ether oxygens (including phenoxy) is 1. The number of carbonyl (C=O) groups excluding carboxylic acids is 1. The molecule has 6 nitrogen and oxygen atoms in total. The number of fused-ring (bicyclic) bond motifs is 1. The van der Waals surface area contributed by atoms with Gasteiger partial charge in [0.25, 0.3) is 5.91 Å². The first kappa shape index (κ1) is 16.2. The number of hydrogen-bond donors (Lipinski definition) is 0. The number of imidazole rings is 1. The van der Waals surface area contributed by atoms with Crippen LogP contribution in [-0.2, 0) is 11.3 Å². The SMILES string of the molecule is COCCn1c([C@H]2CCN(C(=O)c3cccs3)C2)nc2cccnc21. The molecule has 0 unspecified atom stereocenters. The number of pyridine rings is 1. The van der Waals surface area contributed by atoms with Gasteiger partial charge in [0.15, 0.2) is 5.65 Å². The van der Waals surface area contributed by atoms with Crippen molar-refractivity contribution in [3.05, 3.63) is 46.5 Å². The van der Waals surface area contributed by atoms with Gasteiger partial charge < -0.3 is 14.2 Å². The van der Waals surface area contributed by atoms with Crippen LogP contribution in [0.3, 0.4) is 0 Å². The summed E-state index contributed by atoms with van der Waals surface area (Å²) in [7, 11) is 1.70. The van der Waals surface area contributed by atoms with Gasteiger partial charge in [-0.05, 0) is 30.0 Å². The maximum atomic E-state index is 12.6. The molecule has 7 heteroatoms.